The topological polar surface area (TPSA) is 143 Å². The maximum atomic E-state index is 11.6. The van der Waals surface area contributed by atoms with Crippen LogP contribution in [0.5, 0.6) is 11.5 Å². The van der Waals surface area contributed by atoms with E-state index in [-0.39, 0.29) is 31.3 Å². The molecule has 1 rings (SSSR count). The molecule has 0 saturated heterocycles. The maximum Gasteiger partial charge on any atom is 0.330 e. The molecule has 0 heterocycles. The Labute approximate surface area is 160 Å². The molecule has 0 radical (unpaired) electrons. The number of unbranched alkanes of at least 4 members (excludes halogenated alkanes) is 1. The zero-order valence-corrected chi connectivity index (χ0v) is 15.1. The molecule has 0 bridgehead atoms. The van der Waals surface area contributed by atoms with E-state index >= 15 is 0 Å². The quantitative estimate of drug-likeness (QED) is 0.0977. The standard InChI is InChI=1S/C17H20N2O9/c1-25-15-10-13(4-6-14(15)28-17(22)11-18-12-20)5-7-16(21)26-8-2-3-9-27-19(23)24/h4-7,10,12H,2-3,8-9,11H2,1H3,(H,18,20)/b7-5+. The van der Waals surface area contributed by atoms with Gasteiger partial charge < -0.3 is 24.4 Å². The van der Waals surface area contributed by atoms with Gasteiger partial charge in [-0.3, -0.25) is 4.79 Å². The number of benzene rings is 1. The Balaban J connectivity index is 2.50. The molecule has 11 heteroatoms. The summed E-state index contributed by atoms with van der Waals surface area (Å²) in [5, 5.41) is 11.3. The minimum atomic E-state index is -0.878. The largest absolute Gasteiger partial charge is 0.493 e. The van der Waals surface area contributed by atoms with Crippen LogP contribution < -0.4 is 14.8 Å². The van der Waals surface area contributed by atoms with E-state index in [4.69, 9.17) is 14.2 Å². The van der Waals surface area contributed by atoms with Gasteiger partial charge in [-0.1, -0.05) is 6.07 Å². The zero-order chi connectivity index (χ0) is 20.8. The lowest BCUT2D eigenvalue weighted by Crippen LogP contribution is -2.25. The van der Waals surface area contributed by atoms with Gasteiger partial charge in [-0.15, -0.1) is 10.1 Å². The van der Waals surface area contributed by atoms with Crippen molar-refractivity contribution < 1.29 is 38.5 Å². The van der Waals surface area contributed by atoms with Crippen molar-refractivity contribution in [1.29, 1.82) is 0 Å². The van der Waals surface area contributed by atoms with E-state index in [0.717, 1.165) is 0 Å². The molecule has 1 N–H and O–H groups in total. The summed E-state index contributed by atoms with van der Waals surface area (Å²) >= 11 is 0. The van der Waals surface area contributed by atoms with E-state index in [0.29, 0.717) is 24.8 Å². The molecule has 11 nitrogen and oxygen atoms in total. The van der Waals surface area contributed by atoms with E-state index in [9.17, 15) is 24.5 Å². The molecule has 1 amide bonds. The summed E-state index contributed by atoms with van der Waals surface area (Å²) in [6.45, 7) is -0.224. The van der Waals surface area contributed by atoms with Gasteiger partial charge >= 0.3 is 11.9 Å². The predicted molar refractivity (Wildman–Crippen MR) is 94.9 cm³/mol. The van der Waals surface area contributed by atoms with Crippen molar-refractivity contribution in [3.63, 3.8) is 0 Å². The fourth-order valence-electron chi connectivity index (χ4n) is 1.88. The Morgan fingerprint density at radius 3 is 2.64 bits per heavy atom. The van der Waals surface area contributed by atoms with Crippen molar-refractivity contribution in [1.82, 2.24) is 5.32 Å². The van der Waals surface area contributed by atoms with Crippen LogP contribution in [0.25, 0.3) is 6.08 Å². The molecule has 1 aromatic carbocycles. The monoisotopic (exact) mass is 396 g/mol. The molecule has 0 unspecified atom stereocenters. The van der Waals surface area contributed by atoms with Crippen LogP contribution >= 0.6 is 0 Å². The van der Waals surface area contributed by atoms with Gasteiger partial charge in [-0.05, 0) is 36.6 Å². The molecule has 1 aromatic rings. The number of esters is 2. The summed E-state index contributed by atoms with van der Waals surface area (Å²) < 4.78 is 15.2. The first-order valence-corrected chi connectivity index (χ1v) is 8.14. The number of hydrogen-bond acceptors (Lipinski definition) is 9. The van der Waals surface area contributed by atoms with E-state index in [1.807, 2.05) is 0 Å². The highest BCUT2D eigenvalue weighted by atomic mass is 16.9. The number of nitrogens with one attached hydrogen (secondary N) is 1. The highest BCUT2D eigenvalue weighted by molar-refractivity contribution is 5.87. The first kappa shape index (κ1) is 22.4. The van der Waals surface area contributed by atoms with Crippen LogP contribution in [0.1, 0.15) is 18.4 Å². The van der Waals surface area contributed by atoms with Crippen LogP contribution in [0.3, 0.4) is 0 Å². The van der Waals surface area contributed by atoms with Gasteiger partial charge in [0.05, 0.1) is 20.3 Å². The third kappa shape index (κ3) is 9.17. The number of nitrogens with zero attached hydrogens (tertiary/aromatic N) is 1. The Morgan fingerprint density at radius 2 is 1.96 bits per heavy atom. The number of carbonyl (C=O) groups excluding carboxylic acids is 3. The van der Waals surface area contributed by atoms with Crippen molar-refractivity contribution >= 4 is 24.4 Å². The van der Waals surface area contributed by atoms with Crippen molar-refractivity contribution in [2.75, 3.05) is 26.9 Å². The molecule has 0 saturated carbocycles. The van der Waals surface area contributed by atoms with Crippen LogP contribution in [-0.4, -0.2) is 50.3 Å². The van der Waals surface area contributed by atoms with Crippen molar-refractivity contribution in [2.45, 2.75) is 12.8 Å². The summed E-state index contributed by atoms with van der Waals surface area (Å²) in [6, 6.07) is 4.63. The molecule has 0 fully saturated rings. The van der Waals surface area contributed by atoms with Gasteiger partial charge in [0.1, 0.15) is 6.54 Å². The number of amides is 1. The number of ether oxygens (including phenoxy) is 3. The second kappa shape index (κ2) is 12.7. The molecule has 0 aliphatic rings. The van der Waals surface area contributed by atoms with E-state index in [1.165, 1.54) is 25.3 Å². The molecule has 0 aromatic heterocycles. The lowest BCUT2D eigenvalue weighted by Gasteiger charge is -2.09. The Hall–Kier alpha value is -3.63. The van der Waals surface area contributed by atoms with Crippen LogP contribution in [0.2, 0.25) is 0 Å². The van der Waals surface area contributed by atoms with Crippen LogP contribution in [-0.2, 0) is 24.0 Å². The molecule has 0 spiro atoms. The Bertz CT molecular complexity index is 719. The predicted octanol–water partition coefficient (Wildman–Crippen LogP) is 0.891. The number of carbonyl (C=O) groups is 3. The molecular formula is C17H20N2O9. The SMILES string of the molecule is COc1cc(/C=C/C(=O)OCCCCO[N+](=O)[O-])ccc1OC(=O)CNC=O. The lowest BCUT2D eigenvalue weighted by molar-refractivity contribution is -0.757. The molecule has 0 aliphatic heterocycles. The highest BCUT2D eigenvalue weighted by Crippen LogP contribution is 2.28. The number of hydrogen-bond donors (Lipinski definition) is 1. The van der Waals surface area contributed by atoms with Gasteiger partial charge in [0.15, 0.2) is 11.5 Å². The van der Waals surface area contributed by atoms with Crippen molar-refractivity contribution in [3.8, 4) is 11.5 Å². The molecular weight excluding hydrogens is 376 g/mol. The number of rotatable bonds is 13. The summed E-state index contributed by atoms with van der Waals surface area (Å²) in [5.41, 5.74) is 0.596. The first-order chi connectivity index (χ1) is 13.5. The Morgan fingerprint density at radius 1 is 1.21 bits per heavy atom. The van der Waals surface area contributed by atoms with Crippen LogP contribution in [0.15, 0.2) is 24.3 Å². The third-order valence-corrected chi connectivity index (χ3v) is 3.13. The van der Waals surface area contributed by atoms with Crippen LogP contribution in [0.4, 0.5) is 0 Å². The lowest BCUT2D eigenvalue weighted by atomic mass is 10.2. The highest BCUT2D eigenvalue weighted by Gasteiger charge is 2.10. The van der Waals surface area contributed by atoms with Crippen molar-refractivity contribution in [2.24, 2.45) is 0 Å². The second-order valence-electron chi connectivity index (χ2n) is 5.15. The fraction of sp³-hybridized carbons (Fsp3) is 0.353. The summed E-state index contributed by atoms with van der Waals surface area (Å²) in [7, 11) is 1.39. The normalized spacial score (nSPS) is 10.2. The van der Waals surface area contributed by atoms with Crippen molar-refractivity contribution in [3.05, 3.63) is 40.0 Å². The summed E-state index contributed by atoms with van der Waals surface area (Å²) in [6.07, 6.45) is 3.89. The average molecular weight is 396 g/mol. The number of methoxy groups -OCH3 is 1. The van der Waals surface area contributed by atoms with Gasteiger partial charge in [0.2, 0.25) is 6.41 Å². The smallest absolute Gasteiger partial charge is 0.330 e. The molecule has 28 heavy (non-hydrogen) atoms. The van der Waals surface area contributed by atoms with E-state index < -0.39 is 17.0 Å². The zero-order valence-electron chi connectivity index (χ0n) is 15.1. The maximum absolute atomic E-state index is 11.6. The van der Waals surface area contributed by atoms with Gasteiger partial charge in [-0.25, -0.2) is 9.59 Å². The Kier molecular flexibility index (Phi) is 10.1. The average Bonchev–Trinajstić information content (AvgIpc) is 2.67. The fourth-order valence-corrected chi connectivity index (χ4v) is 1.88. The molecule has 0 atom stereocenters. The third-order valence-electron chi connectivity index (χ3n) is 3.13. The van der Waals surface area contributed by atoms with E-state index in [1.54, 1.807) is 12.1 Å². The first-order valence-electron chi connectivity index (χ1n) is 8.14. The minimum absolute atomic E-state index is 0.0533. The summed E-state index contributed by atoms with van der Waals surface area (Å²) in [5.74, 6) is -0.817. The van der Waals surface area contributed by atoms with E-state index in [2.05, 4.69) is 10.2 Å². The summed E-state index contributed by atoms with van der Waals surface area (Å²) in [4.78, 5) is 47.4. The van der Waals surface area contributed by atoms with Gasteiger partial charge in [0, 0.05) is 6.08 Å². The van der Waals surface area contributed by atoms with Gasteiger partial charge in [0.25, 0.3) is 5.09 Å². The second-order valence-corrected chi connectivity index (χ2v) is 5.15. The minimum Gasteiger partial charge on any atom is -0.493 e. The van der Waals surface area contributed by atoms with Gasteiger partial charge in [-0.2, -0.15) is 0 Å². The molecule has 152 valence electrons. The van der Waals surface area contributed by atoms with Crippen LogP contribution in [0, 0.1) is 10.1 Å². The molecule has 0 aliphatic carbocycles.